The van der Waals surface area contributed by atoms with E-state index in [0.29, 0.717) is 5.02 Å². The zero-order valence-electron chi connectivity index (χ0n) is 23.5. The van der Waals surface area contributed by atoms with Gasteiger partial charge < -0.3 is 5.32 Å². The number of hydrogen-bond acceptors (Lipinski definition) is 5. The Bertz CT molecular complexity index is 1080. The van der Waals surface area contributed by atoms with Gasteiger partial charge in [-0.25, -0.2) is 0 Å². The molecular weight excluding hydrogens is 501 g/mol. The van der Waals surface area contributed by atoms with Crippen molar-refractivity contribution in [1.29, 1.82) is 5.26 Å². The minimum absolute atomic E-state index is 0.670. The Hall–Kier alpha value is -2.36. The normalized spacial score (nSPS) is 10.4. The van der Waals surface area contributed by atoms with Crippen LogP contribution in [0.4, 0.5) is 11.4 Å². The van der Waals surface area contributed by atoms with Crippen LogP contribution in [0.5, 0.6) is 0 Å². The standard InChI is InChI=1S/C26H32ClN5.C3H8.CH3Cl/c1-5-31(6-2)17-19-13-22(14-20(24(19)16-28)18-32(7-3)8-4)30-25-11-12-29-26-15-21(27)9-10-23(25)26;1-3-2;1-2/h9-15H,5-8,17-18H2,1-4H3,(H,29,30);3H2,1-2H3;1H3. The first-order valence-corrected chi connectivity index (χ1v) is 14.3. The highest BCUT2D eigenvalue weighted by molar-refractivity contribution is 6.31. The van der Waals surface area contributed by atoms with Crippen molar-refractivity contribution in [2.75, 3.05) is 37.9 Å². The minimum atomic E-state index is 0.670. The molecule has 0 saturated carbocycles. The van der Waals surface area contributed by atoms with E-state index in [2.05, 4.69) is 91.4 Å². The first kappa shape index (κ1) is 32.7. The van der Waals surface area contributed by atoms with Gasteiger partial charge in [0.2, 0.25) is 0 Å². The van der Waals surface area contributed by atoms with Crippen molar-refractivity contribution in [3.63, 3.8) is 0 Å². The third kappa shape index (κ3) is 9.79. The Balaban J connectivity index is 0.00000127. The molecule has 7 heteroatoms. The molecule has 1 aromatic heterocycles. The molecule has 0 saturated heterocycles. The number of fused-ring (bicyclic) bond motifs is 1. The number of anilines is 2. The Kier molecular flexibility index (Phi) is 15.9. The van der Waals surface area contributed by atoms with E-state index in [1.807, 2.05) is 24.3 Å². The Morgan fingerprint density at radius 2 is 1.35 bits per heavy atom. The summed E-state index contributed by atoms with van der Waals surface area (Å²) in [6.45, 7) is 18.2. The molecule has 3 aromatic rings. The van der Waals surface area contributed by atoms with E-state index in [0.717, 1.165) is 78.2 Å². The highest BCUT2D eigenvalue weighted by atomic mass is 35.5. The number of halogens is 2. The molecule has 37 heavy (non-hydrogen) atoms. The molecule has 0 amide bonds. The van der Waals surface area contributed by atoms with Crippen LogP contribution < -0.4 is 5.32 Å². The van der Waals surface area contributed by atoms with E-state index in [-0.39, 0.29) is 0 Å². The maximum Gasteiger partial charge on any atom is 0.0998 e. The molecule has 0 aliphatic rings. The van der Waals surface area contributed by atoms with Crippen molar-refractivity contribution in [3.8, 4) is 6.07 Å². The average molecular weight is 545 g/mol. The summed E-state index contributed by atoms with van der Waals surface area (Å²) in [5.41, 5.74) is 5.72. The lowest BCUT2D eigenvalue weighted by Gasteiger charge is -2.24. The fourth-order valence-corrected chi connectivity index (χ4v) is 4.16. The number of pyridine rings is 1. The average Bonchev–Trinajstić information content (AvgIpc) is 2.91. The van der Waals surface area contributed by atoms with Gasteiger partial charge >= 0.3 is 0 Å². The molecule has 1 heterocycles. The van der Waals surface area contributed by atoms with Crippen LogP contribution >= 0.6 is 23.2 Å². The smallest absolute Gasteiger partial charge is 0.0998 e. The number of rotatable bonds is 10. The molecule has 0 aliphatic heterocycles. The zero-order chi connectivity index (χ0) is 27.8. The first-order chi connectivity index (χ1) is 17.9. The molecule has 1 N–H and O–H groups in total. The van der Waals surface area contributed by atoms with Crippen molar-refractivity contribution in [1.82, 2.24) is 14.8 Å². The van der Waals surface area contributed by atoms with Gasteiger partial charge in [0, 0.05) is 47.5 Å². The van der Waals surface area contributed by atoms with Crippen LogP contribution in [-0.2, 0) is 13.1 Å². The maximum atomic E-state index is 10.0. The van der Waals surface area contributed by atoms with Crippen LogP contribution in [0.1, 0.15) is 64.7 Å². The number of nitriles is 1. The zero-order valence-corrected chi connectivity index (χ0v) is 25.0. The third-order valence-corrected chi connectivity index (χ3v) is 6.21. The number of nitrogens with one attached hydrogen (secondary N) is 1. The number of hydrogen-bond donors (Lipinski definition) is 1. The Labute approximate surface area is 234 Å². The van der Waals surface area contributed by atoms with Crippen molar-refractivity contribution in [3.05, 3.63) is 64.3 Å². The van der Waals surface area contributed by atoms with Gasteiger partial charge in [0.25, 0.3) is 0 Å². The molecule has 0 bridgehead atoms. The SMILES string of the molecule is CCC.CCN(CC)Cc1cc(Nc2ccnc3cc(Cl)ccc23)cc(CN(CC)CC)c1C#N.CCl. The van der Waals surface area contributed by atoms with Crippen LogP contribution in [0, 0.1) is 11.3 Å². The second-order valence-corrected chi connectivity index (χ2v) is 8.99. The lowest BCUT2D eigenvalue weighted by molar-refractivity contribution is 0.290. The molecule has 0 radical (unpaired) electrons. The summed E-state index contributed by atoms with van der Waals surface area (Å²) >= 11 is 10.8. The molecule has 0 spiro atoms. The van der Waals surface area contributed by atoms with Gasteiger partial charge in [0.15, 0.2) is 0 Å². The van der Waals surface area contributed by atoms with Crippen LogP contribution in [-0.4, -0.2) is 47.3 Å². The largest absolute Gasteiger partial charge is 0.355 e. The fraction of sp³-hybridized carbons (Fsp3) is 0.467. The van der Waals surface area contributed by atoms with E-state index >= 15 is 0 Å². The maximum absolute atomic E-state index is 10.0. The monoisotopic (exact) mass is 543 g/mol. The van der Waals surface area contributed by atoms with E-state index in [4.69, 9.17) is 11.6 Å². The van der Waals surface area contributed by atoms with Gasteiger partial charge in [0.1, 0.15) is 0 Å². The molecule has 2 aromatic carbocycles. The van der Waals surface area contributed by atoms with Crippen molar-refractivity contribution < 1.29 is 0 Å². The van der Waals surface area contributed by atoms with Crippen LogP contribution in [0.15, 0.2) is 42.6 Å². The Morgan fingerprint density at radius 3 is 1.81 bits per heavy atom. The molecule has 5 nitrogen and oxygen atoms in total. The van der Waals surface area contributed by atoms with E-state index < -0.39 is 0 Å². The summed E-state index contributed by atoms with van der Waals surface area (Å²) < 4.78 is 0. The molecule has 0 fully saturated rings. The minimum Gasteiger partial charge on any atom is -0.355 e. The number of aromatic nitrogens is 1. The van der Waals surface area contributed by atoms with E-state index in [1.54, 1.807) is 6.20 Å². The van der Waals surface area contributed by atoms with Crippen molar-refractivity contribution in [2.24, 2.45) is 0 Å². The number of alkyl halides is 1. The van der Waals surface area contributed by atoms with E-state index in [1.165, 1.54) is 12.8 Å². The second kappa shape index (κ2) is 18.0. The van der Waals surface area contributed by atoms with Gasteiger partial charge in [0.05, 0.1) is 17.1 Å². The quantitative estimate of drug-likeness (QED) is 0.260. The fourth-order valence-electron chi connectivity index (χ4n) is 3.99. The number of nitrogens with zero attached hydrogens (tertiary/aromatic N) is 4. The molecule has 0 unspecified atom stereocenters. The number of benzene rings is 2. The summed E-state index contributed by atoms with van der Waals surface area (Å²) in [6.07, 6.45) is 4.51. The molecular formula is C30H43Cl2N5. The van der Waals surface area contributed by atoms with Crippen LogP contribution in [0.25, 0.3) is 10.9 Å². The summed E-state index contributed by atoms with van der Waals surface area (Å²) in [4.78, 5) is 9.13. The van der Waals surface area contributed by atoms with Crippen LogP contribution in [0.3, 0.4) is 0 Å². The molecule has 0 atom stereocenters. The van der Waals surface area contributed by atoms with Crippen molar-refractivity contribution in [2.45, 2.75) is 61.1 Å². The van der Waals surface area contributed by atoms with Gasteiger partial charge in [-0.15, -0.1) is 11.6 Å². The summed E-state index contributed by atoms with van der Waals surface area (Å²) in [6, 6.07) is 14.4. The lowest BCUT2D eigenvalue weighted by Crippen LogP contribution is -2.25. The van der Waals surface area contributed by atoms with E-state index in [9.17, 15) is 5.26 Å². The highest BCUT2D eigenvalue weighted by Gasteiger charge is 2.16. The molecule has 3 rings (SSSR count). The topological polar surface area (TPSA) is 55.2 Å². The van der Waals surface area contributed by atoms with Gasteiger partial charge in [-0.05, 0) is 73.7 Å². The third-order valence-electron chi connectivity index (χ3n) is 5.97. The second-order valence-electron chi connectivity index (χ2n) is 8.56. The first-order valence-electron chi connectivity index (χ1n) is 13.1. The highest BCUT2D eigenvalue weighted by Crippen LogP contribution is 2.30. The van der Waals surface area contributed by atoms with Gasteiger partial charge in [-0.2, -0.15) is 5.26 Å². The summed E-state index contributed by atoms with van der Waals surface area (Å²) in [5.74, 6) is 0. The summed E-state index contributed by atoms with van der Waals surface area (Å²) in [5, 5.41) is 15.3. The molecule has 202 valence electrons. The predicted molar refractivity (Wildman–Crippen MR) is 162 cm³/mol. The van der Waals surface area contributed by atoms with Gasteiger partial charge in [-0.3, -0.25) is 14.8 Å². The predicted octanol–water partition coefficient (Wildman–Crippen LogP) is 8.46. The van der Waals surface area contributed by atoms with Crippen molar-refractivity contribution >= 4 is 45.5 Å². The van der Waals surface area contributed by atoms with Crippen LogP contribution in [0.2, 0.25) is 5.02 Å². The molecule has 0 aliphatic carbocycles. The summed E-state index contributed by atoms with van der Waals surface area (Å²) in [7, 11) is 0. The lowest BCUT2D eigenvalue weighted by atomic mass is 9.99. The van der Waals surface area contributed by atoms with Gasteiger partial charge in [-0.1, -0.05) is 59.6 Å². The Morgan fingerprint density at radius 1 is 0.838 bits per heavy atom.